The standard InChI is InChI=1S/C21H40N6O6S/c1-12(2)17(21(32)33)27-20(31)14(6-4-5-10-22)26-19(30)15(7-8-16(24)28)25-18(29)13(23)9-11-34-3/h12-15,17H,4-11,22-23H2,1-3H3,(H2,24,28)(H,25,29)(H,26,30)(H,27,31)(H,32,33). The highest BCUT2D eigenvalue weighted by Crippen LogP contribution is 2.08. The van der Waals surface area contributed by atoms with Crippen LogP contribution in [0.3, 0.4) is 0 Å². The molecule has 0 aliphatic carbocycles. The molecule has 4 unspecified atom stereocenters. The molecule has 0 heterocycles. The number of rotatable bonds is 18. The number of carboxylic acids is 1. The molecular formula is C21H40N6O6S. The third-order valence-corrected chi connectivity index (χ3v) is 5.74. The fourth-order valence-electron chi connectivity index (χ4n) is 3.01. The summed E-state index contributed by atoms with van der Waals surface area (Å²) >= 11 is 1.52. The van der Waals surface area contributed by atoms with Crippen LogP contribution in [0, 0.1) is 5.92 Å². The molecule has 0 rings (SSSR count). The Labute approximate surface area is 204 Å². The first kappa shape index (κ1) is 31.6. The van der Waals surface area contributed by atoms with Crippen molar-refractivity contribution in [1.29, 1.82) is 0 Å². The largest absolute Gasteiger partial charge is 0.480 e. The lowest BCUT2D eigenvalue weighted by molar-refractivity contribution is -0.143. The molecule has 4 atom stereocenters. The molecule has 4 amide bonds. The minimum absolute atomic E-state index is 0.0803. The number of carbonyl (C=O) groups is 5. The van der Waals surface area contributed by atoms with E-state index in [1.54, 1.807) is 13.8 Å². The quantitative estimate of drug-likeness (QED) is 0.110. The highest BCUT2D eigenvalue weighted by molar-refractivity contribution is 7.98. The number of nitrogens with two attached hydrogens (primary N) is 3. The van der Waals surface area contributed by atoms with Crippen LogP contribution < -0.4 is 33.2 Å². The van der Waals surface area contributed by atoms with Crippen LogP contribution in [0.1, 0.15) is 52.4 Å². The third-order valence-electron chi connectivity index (χ3n) is 5.09. The predicted octanol–water partition coefficient (Wildman–Crippen LogP) is -1.34. The number of thioether (sulfide) groups is 1. The van der Waals surface area contributed by atoms with Gasteiger partial charge < -0.3 is 38.3 Å². The Bertz CT molecular complexity index is 693. The summed E-state index contributed by atoms with van der Waals surface area (Å²) < 4.78 is 0. The van der Waals surface area contributed by atoms with Crippen molar-refractivity contribution in [1.82, 2.24) is 16.0 Å². The molecule has 0 aromatic heterocycles. The van der Waals surface area contributed by atoms with E-state index < -0.39 is 53.8 Å². The zero-order valence-electron chi connectivity index (χ0n) is 20.2. The van der Waals surface area contributed by atoms with Crippen molar-refractivity contribution in [2.24, 2.45) is 23.1 Å². The number of carboxylic acid groups (broad SMARTS) is 1. The Hall–Kier alpha value is -2.38. The zero-order chi connectivity index (χ0) is 26.3. The number of hydrogen-bond acceptors (Lipinski definition) is 8. The molecule has 34 heavy (non-hydrogen) atoms. The van der Waals surface area contributed by atoms with Gasteiger partial charge in [-0.2, -0.15) is 11.8 Å². The second kappa shape index (κ2) is 17.1. The molecule has 0 aliphatic heterocycles. The second-order valence-electron chi connectivity index (χ2n) is 8.37. The second-order valence-corrected chi connectivity index (χ2v) is 9.35. The normalized spacial score (nSPS) is 14.5. The van der Waals surface area contributed by atoms with Crippen molar-refractivity contribution < 1.29 is 29.1 Å². The maximum absolute atomic E-state index is 13.0. The Kier molecular flexibility index (Phi) is 15.9. The molecule has 13 heteroatoms. The Morgan fingerprint density at radius 1 is 0.882 bits per heavy atom. The smallest absolute Gasteiger partial charge is 0.326 e. The molecule has 0 aliphatic rings. The van der Waals surface area contributed by atoms with Crippen molar-refractivity contribution in [3.8, 4) is 0 Å². The topological polar surface area (TPSA) is 220 Å². The van der Waals surface area contributed by atoms with E-state index in [0.717, 1.165) is 0 Å². The molecule has 0 aromatic rings. The lowest BCUT2D eigenvalue weighted by Crippen LogP contribution is -2.57. The summed E-state index contributed by atoms with van der Waals surface area (Å²) in [5, 5.41) is 16.9. The van der Waals surface area contributed by atoms with Gasteiger partial charge in [0, 0.05) is 6.42 Å². The maximum Gasteiger partial charge on any atom is 0.326 e. The van der Waals surface area contributed by atoms with Gasteiger partial charge in [0.25, 0.3) is 0 Å². The summed E-state index contributed by atoms with van der Waals surface area (Å²) in [7, 11) is 0. The van der Waals surface area contributed by atoms with E-state index in [9.17, 15) is 29.1 Å². The van der Waals surface area contributed by atoms with Crippen LogP contribution in [0.15, 0.2) is 0 Å². The molecule has 0 bridgehead atoms. The van der Waals surface area contributed by atoms with Crippen molar-refractivity contribution in [3.05, 3.63) is 0 Å². The van der Waals surface area contributed by atoms with Gasteiger partial charge in [-0.15, -0.1) is 0 Å². The number of hydrogen-bond donors (Lipinski definition) is 7. The van der Waals surface area contributed by atoms with Gasteiger partial charge in [-0.1, -0.05) is 13.8 Å². The van der Waals surface area contributed by atoms with Crippen molar-refractivity contribution in [2.75, 3.05) is 18.6 Å². The van der Waals surface area contributed by atoms with Gasteiger partial charge in [-0.25, -0.2) is 4.79 Å². The highest BCUT2D eigenvalue weighted by atomic mass is 32.2. The summed E-state index contributed by atoms with van der Waals surface area (Å²) in [5.74, 6) is -3.50. The lowest BCUT2D eigenvalue weighted by atomic mass is 10.0. The summed E-state index contributed by atoms with van der Waals surface area (Å²) in [5.41, 5.74) is 16.6. The van der Waals surface area contributed by atoms with Gasteiger partial charge >= 0.3 is 5.97 Å². The van der Waals surface area contributed by atoms with Gasteiger partial charge in [0.05, 0.1) is 6.04 Å². The number of nitrogens with one attached hydrogen (secondary N) is 3. The van der Waals surface area contributed by atoms with E-state index >= 15 is 0 Å². The predicted molar refractivity (Wildman–Crippen MR) is 131 cm³/mol. The number of amides is 4. The van der Waals surface area contributed by atoms with Crippen LogP contribution in [0.2, 0.25) is 0 Å². The number of unbranched alkanes of at least 4 members (excludes halogenated alkanes) is 1. The first-order valence-corrected chi connectivity index (χ1v) is 12.7. The van der Waals surface area contributed by atoms with Crippen LogP contribution in [0.5, 0.6) is 0 Å². The molecule has 0 spiro atoms. The summed E-state index contributed by atoms with van der Waals surface area (Å²) in [4.78, 5) is 61.0. The van der Waals surface area contributed by atoms with Crippen molar-refractivity contribution >= 4 is 41.4 Å². The molecule has 0 radical (unpaired) electrons. The monoisotopic (exact) mass is 504 g/mol. The fraction of sp³-hybridized carbons (Fsp3) is 0.762. The van der Waals surface area contributed by atoms with E-state index in [1.807, 2.05) is 6.26 Å². The Balaban J connectivity index is 5.52. The summed E-state index contributed by atoms with van der Waals surface area (Å²) in [6.45, 7) is 3.69. The van der Waals surface area contributed by atoms with Crippen LogP contribution in [0.25, 0.3) is 0 Å². The molecule has 196 valence electrons. The molecule has 12 nitrogen and oxygen atoms in total. The molecule has 0 fully saturated rings. The van der Waals surface area contributed by atoms with Crippen LogP contribution in [-0.4, -0.2) is 77.4 Å². The van der Waals surface area contributed by atoms with Gasteiger partial charge in [-0.3, -0.25) is 19.2 Å². The van der Waals surface area contributed by atoms with E-state index in [4.69, 9.17) is 17.2 Å². The Morgan fingerprint density at radius 2 is 1.44 bits per heavy atom. The van der Waals surface area contributed by atoms with Crippen molar-refractivity contribution in [3.63, 3.8) is 0 Å². The molecule has 0 aromatic carbocycles. The highest BCUT2D eigenvalue weighted by Gasteiger charge is 2.31. The summed E-state index contributed by atoms with van der Waals surface area (Å²) in [6, 6.07) is -4.19. The average Bonchev–Trinajstić information content (AvgIpc) is 2.76. The summed E-state index contributed by atoms with van der Waals surface area (Å²) in [6.07, 6.45) is 3.33. The number of aliphatic carboxylic acids is 1. The van der Waals surface area contributed by atoms with E-state index in [0.29, 0.717) is 31.6 Å². The zero-order valence-corrected chi connectivity index (χ0v) is 21.0. The van der Waals surface area contributed by atoms with Gasteiger partial charge in [-0.05, 0) is 56.6 Å². The first-order chi connectivity index (χ1) is 15.9. The van der Waals surface area contributed by atoms with Crippen LogP contribution >= 0.6 is 11.8 Å². The van der Waals surface area contributed by atoms with E-state index in [2.05, 4.69) is 16.0 Å². The van der Waals surface area contributed by atoms with Crippen LogP contribution in [-0.2, 0) is 24.0 Å². The van der Waals surface area contributed by atoms with Crippen molar-refractivity contribution in [2.45, 2.75) is 76.5 Å². The van der Waals surface area contributed by atoms with E-state index in [1.165, 1.54) is 11.8 Å². The van der Waals surface area contributed by atoms with Gasteiger partial charge in [0.15, 0.2) is 0 Å². The minimum atomic E-state index is -1.19. The molecule has 10 N–H and O–H groups in total. The number of carbonyl (C=O) groups excluding carboxylic acids is 4. The fourth-order valence-corrected chi connectivity index (χ4v) is 3.50. The third kappa shape index (κ3) is 12.8. The first-order valence-electron chi connectivity index (χ1n) is 11.3. The van der Waals surface area contributed by atoms with Crippen LogP contribution in [0.4, 0.5) is 0 Å². The molecular weight excluding hydrogens is 464 g/mol. The minimum Gasteiger partial charge on any atom is -0.480 e. The van der Waals surface area contributed by atoms with Gasteiger partial charge in [0.2, 0.25) is 23.6 Å². The SMILES string of the molecule is CSCCC(N)C(=O)NC(CCC(N)=O)C(=O)NC(CCCCN)C(=O)NC(C(=O)O)C(C)C. The van der Waals surface area contributed by atoms with E-state index in [-0.39, 0.29) is 25.2 Å². The van der Waals surface area contributed by atoms with Gasteiger partial charge in [0.1, 0.15) is 18.1 Å². The molecule has 0 saturated carbocycles. The molecule has 0 saturated heterocycles. The number of primary amides is 1. The average molecular weight is 505 g/mol. The lowest BCUT2D eigenvalue weighted by Gasteiger charge is -2.26. The Morgan fingerprint density at radius 3 is 1.94 bits per heavy atom. The maximum atomic E-state index is 13.0.